The van der Waals surface area contributed by atoms with Gasteiger partial charge in [0.1, 0.15) is 6.33 Å². The molecule has 0 unspecified atom stereocenters. The van der Waals surface area contributed by atoms with Crippen LogP contribution in [0.1, 0.15) is 13.3 Å². The Hall–Kier alpha value is -2.00. The molecular weight excluding hydrogens is 254 g/mol. The van der Waals surface area contributed by atoms with Gasteiger partial charge in [-0.15, -0.1) is 0 Å². The summed E-state index contributed by atoms with van der Waals surface area (Å²) in [6, 6.07) is 0. The van der Waals surface area contributed by atoms with Crippen LogP contribution in [-0.2, 0) is 0 Å². The molecule has 0 amide bonds. The lowest BCUT2D eigenvalue weighted by Crippen LogP contribution is -2.45. The Labute approximate surface area is 109 Å². The minimum absolute atomic E-state index is 0.0469. The number of aliphatic hydroxyl groups is 2. The Morgan fingerprint density at radius 3 is 2.37 bits per heavy atom. The zero-order valence-electron chi connectivity index (χ0n) is 10.8. The summed E-state index contributed by atoms with van der Waals surface area (Å²) in [4.78, 5) is 18.0. The third-order valence-corrected chi connectivity index (χ3v) is 2.91. The molecule has 0 aliphatic carbocycles. The van der Waals surface area contributed by atoms with Gasteiger partial charge in [0.2, 0.25) is 11.6 Å². The summed E-state index contributed by atoms with van der Waals surface area (Å²) in [7, 11) is 1.50. The number of rotatable bonds is 7. The van der Waals surface area contributed by atoms with Gasteiger partial charge >= 0.3 is 5.69 Å². The van der Waals surface area contributed by atoms with Crippen LogP contribution in [0.3, 0.4) is 0 Å². The lowest BCUT2D eigenvalue weighted by molar-refractivity contribution is -0.383. The average Bonchev–Trinajstić information content (AvgIpc) is 2.44. The third-order valence-electron chi connectivity index (χ3n) is 2.91. The standard InChI is InChI=1S/C10H17N5O4/c1-3-10(4-16,5-17)14-9-7(15(18)19)8(11-2)12-6-13-9/h6,16-17H,3-5H2,1-2H3,(H2,11,12,13,14). The molecule has 0 bridgehead atoms. The van der Waals surface area contributed by atoms with Crippen molar-refractivity contribution < 1.29 is 15.1 Å². The number of nitrogens with one attached hydrogen (secondary N) is 2. The maximum Gasteiger partial charge on any atom is 0.353 e. The van der Waals surface area contributed by atoms with E-state index in [1.165, 1.54) is 7.05 Å². The van der Waals surface area contributed by atoms with Crippen molar-refractivity contribution in [1.82, 2.24) is 9.97 Å². The van der Waals surface area contributed by atoms with E-state index in [-0.39, 0.29) is 30.5 Å². The number of nitro groups is 1. The van der Waals surface area contributed by atoms with Crippen molar-refractivity contribution in [2.24, 2.45) is 0 Å². The highest BCUT2D eigenvalue weighted by atomic mass is 16.6. The SMILES string of the molecule is CCC(CO)(CO)Nc1ncnc(NC)c1[N+](=O)[O-]. The third kappa shape index (κ3) is 3.06. The largest absolute Gasteiger partial charge is 0.394 e. The van der Waals surface area contributed by atoms with E-state index in [4.69, 9.17) is 0 Å². The van der Waals surface area contributed by atoms with Crippen LogP contribution in [0, 0.1) is 10.1 Å². The maximum atomic E-state index is 11.1. The van der Waals surface area contributed by atoms with E-state index in [1.54, 1.807) is 6.92 Å². The fraction of sp³-hybridized carbons (Fsp3) is 0.600. The molecule has 0 spiro atoms. The van der Waals surface area contributed by atoms with Gasteiger partial charge in [0, 0.05) is 7.05 Å². The van der Waals surface area contributed by atoms with E-state index < -0.39 is 10.5 Å². The zero-order chi connectivity index (χ0) is 14.5. The number of nitrogens with zero attached hydrogens (tertiary/aromatic N) is 3. The van der Waals surface area contributed by atoms with Crippen molar-refractivity contribution in [2.75, 3.05) is 30.9 Å². The van der Waals surface area contributed by atoms with Crippen LogP contribution in [-0.4, -0.2) is 50.9 Å². The van der Waals surface area contributed by atoms with E-state index >= 15 is 0 Å². The first-order valence-corrected chi connectivity index (χ1v) is 5.70. The van der Waals surface area contributed by atoms with Gasteiger partial charge in [0.25, 0.3) is 0 Å². The quantitative estimate of drug-likeness (QED) is 0.401. The summed E-state index contributed by atoms with van der Waals surface area (Å²) in [6.07, 6.45) is 1.53. The van der Waals surface area contributed by atoms with Crippen molar-refractivity contribution in [3.8, 4) is 0 Å². The first-order valence-electron chi connectivity index (χ1n) is 5.70. The lowest BCUT2D eigenvalue weighted by Gasteiger charge is -2.29. The highest BCUT2D eigenvalue weighted by molar-refractivity contribution is 5.69. The molecule has 1 aromatic rings. The monoisotopic (exact) mass is 271 g/mol. The van der Waals surface area contributed by atoms with Gasteiger partial charge in [0.15, 0.2) is 0 Å². The van der Waals surface area contributed by atoms with Crippen LogP contribution in [0.4, 0.5) is 17.3 Å². The molecule has 0 radical (unpaired) electrons. The van der Waals surface area contributed by atoms with Crippen LogP contribution < -0.4 is 10.6 Å². The molecule has 0 fully saturated rings. The Balaban J connectivity index is 3.23. The average molecular weight is 271 g/mol. The zero-order valence-corrected chi connectivity index (χ0v) is 10.8. The van der Waals surface area contributed by atoms with E-state index in [0.29, 0.717) is 6.42 Å². The maximum absolute atomic E-state index is 11.1. The highest BCUT2D eigenvalue weighted by Gasteiger charge is 2.31. The molecule has 0 aliphatic rings. The van der Waals surface area contributed by atoms with Crippen molar-refractivity contribution in [3.05, 3.63) is 16.4 Å². The second-order valence-corrected chi connectivity index (χ2v) is 4.00. The molecular formula is C10H17N5O4. The molecule has 0 saturated heterocycles. The normalized spacial score (nSPS) is 11.2. The van der Waals surface area contributed by atoms with E-state index in [2.05, 4.69) is 20.6 Å². The molecule has 0 aromatic carbocycles. The van der Waals surface area contributed by atoms with E-state index in [9.17, 15) is 20.3 Å². The van der Waals surface area contributed by atoms with Gasteiger partial charge in [-0.25, -0.2) is 9.97 Å². The molecule has 1 heterocycles. The molecule has 1 aromatic heterocycles. The number of aromatic nitrogens is 2. The summed E-state index contributed by atoms with van der Waals surface area (Å²) in [6.45, 7) is 0.984. The summed E-state index contributed by atoms with van der Waals surface area (Å²) >= 11 is 0. The molecule has 9 heteroatoms. The van der Waals surface area contributed by atoms with Crippen molar-refractivity contribution in [2.45, 2.75) is 18.9 Å². The first kappa shape index (κ1) is 15.1. The van der Waals surface area contributed by atoms with Crippen molar-refractivity contribution >= 4 is 17.3 Å². The van der Waals surface area contributed by atoms with Gasteiger partial charge in [-0.1, -0.05) is 6.92 Å². The minimum atomic E-state index is -1.07. The fourth-order valence-electron chi connectivity index (χ4n) is 1.52. The number of aliphatic hydroxyl groups excluding tert-OH is 2. The molecule has 0 aliphatic heterocycles. The van der Waals surface area contributed by atoms with Crippen molar-refractivity contribution in [1.29, 1.82) is 0 Å². The Morgan fingerprint density at radius 1 is 1.37 bits per heavy atom. The summed E-state index contributed by atoms with van der Waals surface area (Å²) in [5.41, 5.74) is -1.39. The predicted molar refractivity (Wildman–Crippen MR) is 69.0 cm³/mol. The fourth-order valence-corrected chi connectivity index (χ4v) is 1.52. The van der Waals surface area contributed by atoms with Crippen LogP contribution in [0.2, 0.25) is 0 Å². The molecule has 0 saturated carbocycles. The molecule has 0 atom stereocenters. The highest BCUT2D eigenvalue weighted by Crippen LogP contribution is 2.30. The Morgan fingerprint density at radius 2 is 1.95 bits per heavy atom. The number of hydrogen-bond acceptors (Lipinski definition) is 8. The predicted octanol–water partition coefficient (Wildman–Crippen LogP) is -0.0282. The summed E-state index contributed by atoms with van der Waals surface area (Å²) in [5, 5.41) is 35.1. The molecule has 1 rings (SSSR count). The van der Waals surface area contributed by atoms with Gasteiger partial charge in [-0.2, -0.15) is 0 Å². The van der Waals surface area contributed by atoms with Gasteiger partial charge in [-0.3, -0.25) is 10.1 Å². The second kappa shape index (κ2) is 6.25. The summed E-state index contributed by atoms with van der Waals surface area (Å²) < 4.78 is 0. The number of anilines is 2. The van der Waals surface area contributed by atoms with Crippen molar-refractivity contribution in [3.63, 3.8) is 0 Å². The topological polar surface area (TPSA) is 133 Å². The minimum Gasteiger partial charge on any atom is -0.394 e. The molecule has 19 heavy (non-hydrogen) atoms. The van der Waals surface area contributed by atoms with E-state index in [1.807, 2.05) is 0 Å². The lowest BCUT2D eigenvalue weighted by atomic mass is 9.98. The van der Waals surface area contributed by atoms with Crippen LogP contribution >= 0.6 is 0 Å². The smallest absolute Gasteiger partial charge is 0.353 e. The van der Waals surface area contributed by atoms with Crippen LogP contribution in [0.15, 0.2) is 6.33 Å². The number of hydrogen-bond donors (Lipinski definition) is 4. The molecule has 106 valence electrons. The van der Waals surface area contributed by atoms with E-state index in [0.717, 1.165) is 6.33 Å². The Kier molecular flexibility index (Phi) is 4.95. The first-order chi connectivity index (χ1) is 9.03. The second-order valence-electron chi connectivity index (χ2n) is 4.00. The molecule has 4 N–H and O–H groups in total. The molecule has 9 nitrogen and oxygen atoms in total. The van der Waals surface area contributed by atoms with Gasteiger partial charge in [-0.05, 0) is 6.42 Å². The van der Waals surface area contributed by atoms with Gasteiger partial charge < -0.3 is 20.8 Å². The van der Waals surface area contributed by atoms with Crippen LogP contribution in [0.25, 0.3) is 0 Å². The van der Waals surface area contributed by atoms with Gasteiger partial charge in [0.05, 0.1) is 23.7 Å². The Bertz CT molecular complexity index is 441. The van der Waals surface area contributed by atoms with Crippen LogP contribution in [0.5, 0.6) is 0 Å². The summed E-state index contributed by atoms with van der Waals surface area (Å²) in [5.74, 6) is 0.0117.